The molecule has 0 fully saturated rings. The van der Waals surface area contributed by atoms with Crippen molar-refractivity contribution < 1.29 is 0 Å². The fourth-order valence-corrected chi connectivity index (χ4v) is 1.00. The second-order valence-electron chi connectivity index (χ2n) is 1.84. The zero-order chi connectivity index (χ0) is 7.56. The molecule has 0 spiro atoms. The molecule has 0 saturated carbocycles. The van der Waals surface area contributed by atoms with Crippen LogP contribution in [0.4, 0.5) is 5.13 Å². The van der Waals surface area contributed by atoms with Crippen LogP contribution in [-0.4, -0.2) is 9.36 Å². The minimum Gasteiger partial charge on any atom is -0.374 e. The molecule has 0 aliphatic heterocycles. The minimum atomic E-state index is -0.256. The lowest BCUT2D eigenvalue weighted by molar-refractivity contribution is 0.892. The van der Waals surface area contributed by atoms with Gasteiger partial charge in [-0.15, -0.1) is 0 Å². The van der Waals surface area contributed by atoms with E-state index in [-0.39, 0.29) is 5.92 Å². The summed E-state index contributed by atoms with van der Waals surface area (Å²) in [5, 5.41) is 8.85. The first-order valence-corrected chi connectivity index (χ1v) is 3.50. The monoisotopic (exact) mass is 154 g/mol. The Morgan fingerprint density at radius 1 is 1.80 bits per heavy atom. The number of nitrogens with two attached hydrogens (primary N) is 1. The number of nitrogens with zero attached hydrogens (tertiary/aromatic N) is 3. The molecule has 1 atom stereocenters. The fraction of sp³-hybridized carbons (Fsp3) is 0.400. The fourth-order valence-electron chi connectivity index (χ4n) is 0.481. The van der Waals surface area contributed by atoms with Gasteiger partial charge in [-0.3, -0.25) is 0 Å². The summed E-state index contributed by atoms with van der Waals surface area (Å²) >= 11 is 1.11. The molecule has 0 saturated heterocycles. The first kappa shape index (κ1) is 6.96. The van der Waals surface area contributed by atoms with E-state index in [1.54, 1.807) is 6.92 Å². The Morgan fingerprint density at radius 2 is 2.50 bits per heavy atom. The number of nitriles is 1. The third-order valence-corrected chi connectivity index (χ3v) is 1.60. The maximum Gasteiger partial charge on any atom is 0.199 e. The van der Waals surface area contributed by atoms with E-state index in [0.717, 1.165) is 11.5 Å². The van der Waals surface area contributed by atoms with Crippen molar-refractivity contribution in [3.05, 3.63) is 5.82 Å². The van der Waals surface area contributed by atoms with Crippen LogP contribution >= 0.6 is 11.5 Å². The molecule has 0 aliphatic carbocycles. The summed E-state index contributed by atoms with van der Waals surface area (Å²) in [4.78, 5) is 3.84. The molecule has 52 valence electrons. The third-order valence-electron chi connectivity index (χ3n) is 1.04. The van der Waals surface area contributed by atoms with Crippen molar-refractivity contribution in [2.45, 2.75) is 12.8 Å². The van der Waals surface area contributed by atoms with Crippen molar-refractivity contribution in [1.82, 2.24) is 9.36 Å². The number of nitrogen functional groups attached to an aromatic ring is 1. The van der Waals surface area contributed by atoms with E-state index >= 15 is 0 Å². The van der Waals surface area contributed by atoms with Gasteiger partial charge in [0.1, 0.15) is 5.92 Å². The van der Waals surface area contributed by atoms with Crippen molar-refractivity contribution in [2.75, 3.05) is 5.73 Å². The Bertz CT molecular complexity index is 261. The van der Waals surface area contributed by atoms with Gasteiger partial charge in [-0.25, -0.2) is 4.98 Å². The molecule has 5 heteroatoms. The molecule has 0 aromatic carbocycles. The molecule has 1 aromatic heterocycles. The van der Waals surface area contributed by atoms with Crippen LogP contribution < -0.4 is 5.73 Å². The highest BCUT2D eigenvalue weighted by atomic mass is 32.1. The van der Waals surface area contributed by atoms with Gasteiger partial charge in [0.15, 0.2) is 11.0 Å². The summed E-state index contributed by atoms with van der Waals surface area (Å²) in [5.74, 6) is 0.263. The van der Waals surface area contributed by atoms with E-state index in [2.05, 4.69) is 9.36 Å². The van der Waals surface area contributed by atoms with Gasteiger partial charge in [-0.2, -0.15) is 9.64 Å². The maximum absolute atomic E-state index is 8.43. The normalized spacial score (nSPS) is 12.4. The summed E-state index contributed by atoms with van der Waals surface area (Å²) in [6.45, 7) is 1.74. The average Bonchev–Trinajstić information content (AvgIpc) is 2.34. The Morgan fingerprint density at radius 3 is 2.90 bits per heavy atom. The zero-order valence-corrected chi connectivity index (χ0v) is 6.22. The van der Waals surface area contributed by atoms with Crippen LogP contribution in [0.1, 0.15) is 18.7 Å². The topological polar surface area (TPSA) is 75.6 Å². The summed E-state index contributed by atoms with van der Waals surface area (Å²) in [5.41, 5.74) is 5.31. The van der Waals surface area contributed by atoms with E-state index in [4.69, 9.17) is 11.0 Å². The lowest BCUT2D eigenvalue weighted by atomic mass is 10.2. The van der Waals surface area contributed by atoms with Gasteiger partial charge in [0.2, 0.25) is 0 Å². The highest BCUT2D eigenvalue weighted by Crippen LogP contribution is 2.13. The van der Waals surface area contributed by atoms with Gasteiger partial charge in [-0.1, -0.05) is 0 Å². The lowest BCUT2D eigenvalue weighted by Crippen LogP contribution is -1.92. The number of rotatable bonds is 1. The molecule has 1 aromatic rings. The summed E-state index contributed by atoms with van der Waals surface area (Å²) in [7, 11) is 0. The zero-order valence-electron chi connectivity index (χ0n) is 5.40. The Balaban J connectivity index is 2.87. The summed E-state index contributed by atoms with van der Waals surface area (Å²) < 4.78 is 3.87. The molecule has 1 rings (SSSR count). The maximum atomic E-state index is 8.43. The quantitative estimate of drug-likeness (QED) is 0.647. The second kappa shape index (κ2) is 2.62. The molecular formula is C5H6N4S. The Labute approximate surface area is 62.5 Å². The number of aromatic nitrogens is 2. The SMILES string of the molecule is CC(C#N)c1nsc(N)n1. The summed E-state index contributed by atoms with van der Waals surface area (Å²) in [6, 6.07) is 2.02. The van der Waals surface area contributed by atoms with Crippen LogP contribution in [0.5, 0.6) is 0 Å². The van der Waals surface area contributed by atoms with Gasteiger partial charge in [-0.05, 0) is 6.92 Å². The number of hydrogen-bond donors (Lipinski definition) is 1. The van der Waals surface area contributed by atoms with Crippen molar-refractivity contribution in [3.8, 4) is 6.07 Å². The van der Waals surface area contributed by atoms with E-state index in [1.165, 1.54) is 0 Å². The van der Waals surface area contributed by atoms with E-state index in [9.17, 15) is 0 Å². The standard InChI is InChI=1S/C5H6N4S/c1-3(2-6)4-8-5(7)10-9-4/h3H,1H3,(H2,7,8,9). The molecule has 0 aliphatic rings. The predicted octanol–water partition coefficient (Wildman–Crippen LogP) is 0.747. The minimum absolute atomic E-state index is 0.256. The van der Waals surface area contributed by atoms with Crippen LogP contribution in [0.3, 0.4) is 0 Å². The molecule has 0 bridgehead atoms. The van der Waals surface area contributed by atoms with Crippen molar-refractivity contribution in [1.29, 1.82) is 5.26 Å². The van der Waals surface area contributed by atoms with E-state index in [1.807, 2.05) is 6.07 Å². The van der Waals surface area contributed by atoms with Gasteiger partial charge >= 0.3 is 0 Å². The first-order chi connectivity index (χ1) is 4.74. The second-order valence-corrected chi connectivity index (χ2v) is 2.63. The molecule has 2 N–H and O–H groups in total. The van der Waals surface area contributed by atoms with Gasteiger partial charge in [0.05, 0.1) is 6.07 Å². The number of anilines is 1. The van der Waals surface area contributed by atoms with E-state index in [0.29, 0.717) is 11.0 Å². The van der Waals surface area contributed by atoms with Crippen molar-refractivity contribution in [3.63, 3.8) is 0 Å². The van der Waals surface area contributed by atoms with Gasteiger partial charge in [0.25, 0.3) is 0 Å². The molecule has 0 radical (unpaired) electrons. The van der Waals surface area contributed by atoms with Crippen LogP contribution in [0, 0.1) is 11.3 Å². The number of hydrogen-bond acceptors (Lipinski definition) is 5. The molecule has 1 heterocycles. The Kier molecular flexibility index (Phi) is 1.83. The van der Waals surface area contributed by atoms with Gasteiger partial charge < -0.3 is 5.73 Å². The molecule has 0 amide bonds. The summed E-state index contributed by atoms with van der Waals surface area (Å²) in [6.07, 6.45) is 0. The third kappa shape index (κ3) is 1.22. The van der Waals surface area contributed by atoms with Crippen LogP contribution in [-0.2, 0) is 0 Å². The predicted molar refractivity (Wildman–Crippen MR) is 38.3 cm³/mol. The van der Waals surface area contributed by atoms with Crippen LogP contribution in [0.25, 0.3) is 0 Å². The smallest absolute Gasteiger partial charge is 0.199 e. The Hall–Kier alpha value is -1.15. The molecule has 4 nitrogen and oxygen atoms in total. The van der Waals surface area contributed by atoms with Crippen LogP contribution in [0.15, 0.2) is 0 Å². The van der Waals surface area contributed by atoms with E-state index < -0.39 is 0 Å². The van der Waals surface area contributed by atoms with Crippen molar-refractivity contribution >= 4 is 16.7 Å². The molecule has 1 unspecified atom stereocenters. The van der Waals surface area contributed by atoms with Gasteiger partial charge in [0, 0.05) is 11.5 Å². The van der Waals surface area contributed by atoms with Crippen molar-refractivity contribution in [2.24, 2.45) is 0 Å². The highest BCUT2D eigenvalue weighted by molar-refractivity contribution is 7.09. The van der Waals surface area contributed by atoms with Crippen LogP contribution in [0.2, 0.25) is 0 Å². The highest BCUT2D eigenvalue weighted by Gasteiger charge is 2.08. The molecular weight excluding hydrogens is 148 g/mol. The average molecular weight is 154 g/mol. The molecule has 10 heavy (non-hydrogen) atoms. The first-order valence-electron chi connectivity index (χ1n) is 2.72. The lowest BCUT2D eigenvalue weighted by Gasteiger charge is -1.89. The largest absolute Gasteiger partial charge is 0.374 e.